The summed E-state index contributed by atoms with van der Waals surface area (Å²) in [5.74, 6) is -0.297. The topological polar surface area (TPSA) is 93.3 Å². The van der Waals surface area contributed by atoms with Crippen LogP contribution in [0.5, 0.6) is 0 Å². The molecule has 0 saturated carbocycles. The quantitative estimate of drug-likeness (QED) is 0.864. The van der Waals surface area contributed by atoms with Crippen molar-refractivity contribution in [3.05, 3.63) is 71.7 Å². The van der Waals surface area contributed by atoms with Crippen LogP contribution < -0.4 is 11.1 Å². The summed E-state index contributed by atoms with van der Waals surface area (Å²) in [5.41, 5.74) is 7.81. The number of amidine groups is 1. The number of hydrogen-bond acceptors (Lipinski definition) is 6. The van der Waals surface area contributed by atoms with Gasteiger partial charge in [0.25, 0.3) is 5.91 Å². The lowest BCUT2D eigenvalue weighted by Crippen LogP contribution is -2.28. The molecule has 3 N–H and O–H groups in total. The van der Waals surface area contributed by atoms with Crippen LogP contribution in [0, 0.1) is 0 Å². The first kappa shape index (κ1) is 17.9. The second kappa shape index (κ2) is 7.13. The maximum Gasteiger partial charge on any atom is 0.274 e. The molecule has 0 aromatic carbocycles. The standard InChI is InChI=1S/C19H19N5OS/c1-4-13-5-6-15(22-11-13)17(25)23-14-7-8-21-16(9-14)19(3)10-12(2)26-18(20)24-19/h4-9,11H,1-2,10H2,3H3,(H2,20,24)(H,21,23,25)/t19-/m0/s1. The molecule has 0 spiro atoms. The van der Waals surface area contributed by atoms with Crippen LogP contribution in [0.1, 0.15) is 35.1 Å². The van der Waals surface area contributed by atoms with Gasteiger partial charge in [-0.15, -0.1) is 0 Å². The fourth-order valence-electron chi connectivity index (χ4n) is 2.68. The van der Waals surface area contributed by atoms with Crippen LogP contribution >= 0.6 is 11.8 Å². The van der Waals surface area contributed by atoms with Crippen molar-refractivity contribution >= 4 is 34.6 Å². The predicted octanol–water partition coefficient (Wildman–Crippen LogP) is 3.55. The minimum absolute atomic E-state index is 0.297. The minimum Gasteiger partial charge on any atom is -0.378 e. The summed E-state index contributed by atoms with van der Waals surface area (Å²) in [4.78, 5) is 26.4. The summed E-state index contributed by atoms with van der Waals surface area (Å²) >= 11 is 1.37. The number of nitrogens with one attached hydrogen (secondary N) is 1. The molecule has 132 valence electrons. The molecular weight excluding hydrogens is 346 g/mol. The van der Waals surface area contributed by atoms with Crippen molar-refractivity contribution in [3.63, 3.8) is 0 Å². The molecule has 7 heteroatoms. The zero-order valence-corrected chi connectivity index (χ0v) is 15.2. The van der Waals surface area contributed by atoms with E-state index in [-0.39, 0.29) is 5.91 Å². The summed E-state index contributed by atoms with van der Waals surface area (Å²) in [6, 6.07) is 6.97. The highest BCUT2D eigenvalue weighted by Crippen LogP contribution is 2.39. The van der Waals surface area contributed by atoms with Crippen LogP contribution in [-0.2, 0) is 5.54 Å². The molecule has 6 nitrogen and oxygen atoms in total. The Morgan fingerprint density at radius 2 is 2.19 bits per heavy atom. The van der Waals surface area contributed by atoms with E-state index in [2.05, 4.69) is 33.4 Å². The van der Waals surface area contributed by atoms with Crippen LogP contribution in [0.2, 0.25) is 0 Å². The van der Waals surface area contributed by atoms with Crippen molar-refractivity contribution in [3.8, 4) is 0 Å². The first-order chi connectivity index (χ1) is 12.4. The molecule has 0 bridgehead atoms. The van der Waals surface area contributed by atoms with Gasteiger partial charge in [0.05, 0.1) is 5.69 Å². The van der Waals surface area contributed by atoms with Gasteiger partial charge in [0.15, 0.2) is 5.17 Å². The Morgan fingerprint density at radius 1 is 1.38 bits per heavy atom. The number of thioether (sulfide) groups is 1. The van der Waals surface area contributed by atoms with E-state index in [4.69, 9.17) is 5.73 Å². The number of rotatable bonds is 4. The van der Waals surface area contributed by atoms with Gasteiger partial charge in [0.1, 0.15) is 11.2 Å². The van der Waals surface area contributed by atoms with Crippen LogP contribution in [-0.4, -0.2) is 21.0 Å². The van der Waals surface area contributed by atoms with Crippen molar-refractivity contribution < 1.29 is 4.79 Å². The molecule has 3 rings (SSSR count). The van der Waals surface area contributed by atoms with E-state index < -0.39 is 5.54 Å². The Kier molecular flexibility index (Phi) is 4.90. The molecule has 0 radical (unpaired) electrons. The number of pyridine rings is 2. The van der Waals surface area contributed by atoms with Gasteiger partial charge in [-0.25, -0.2) is 4.99 Å². The number of aliphatic imine (C=N–C) groups is 1. The van der Waals surface area contributed by atoms with E-state index in [0.717, 1.165) is 16.2 Å². The molecule has 1 atom stereocenters. The number of anilines is 1. The van der Waals surface area contributed by atoms with Crippen molar-refractivity contribution in [2.75, 3.05) is 5.32 Å². The summed E-state index contributed by atoms with van der Waals surface area (Å²) in [6.45, 7) is 9.62. The molecule has 0 unspecified atom stereocenters. The lowest BCUT2D eigenvalue weighted by Gasteiger charge is -2.30. The lowest BCUT2D eigenvalue weighted by molar-refractivity contribution is 0.102. The van der Waals surface area contributed by atoms with Crippen molar-refractivity contribution in [2.45, 2.75) is 18.9 Å². The number of amides is 1. The zero-order valence-electron chi connectivity index (χ0n) is 14.4. The normalized spacial score (nSPS) is 19.6. The third-order valence-corrected chi connectivity index (χ3v) is 4.71. The third kappa shape index (κ3) is 3.83. The Hall–Kier alpha value is -2.93. The second-order valence-corrected chi connectivity index (χ2v) is 7.31. The van der Waals surface area contributed by atoms with Gasteiger partial charge in [-0.05, 0) is 35.6 Å². The molecule has 2 aromatic heterocycles. The number of aromatic nitrogens is 2. The van der Waals surface area contributed by atoms with Gasteiger partial charge in [-0.3, -0.25) is 14.8 Å². The number of hydrogen-bond donors (Lipinski definition) is 2. The fourth-order valence-corrected chi connectivity index (χ4v) is 3.58. The second-order valence-electron chi connectivity index (χ2n) is 6.11. The average molecular weight is 365 g/mol. The van der Waals surface area contributed by atoms with Gasteiger partial charge >= 0.3 is 0 Å². The highest BCUT2D eigenvalue weighted by molar-refractivity contribution is 8.17. The maximum absolute atomic E-state index is 12.4. The average Bonchev–Trinajstić information content (AvgIpc) is 2.61. The highest BCUT2D eigenvalue weighted by Gasteiger charge is 2.32. The van der Waals surface area contributed by atoms with E-state index in [0.29, 0.717) is 23.0 Å². The molecule has 0 aliphatic carbocycles. The largest absolute Gasteiger partial charge is 0.378 e. The number of carbonyl (C=O) groups is 1. The molecule has 0 saturated heterocycles. The van der Waals surface area contributed by atoms with Gasteiger partial charge in [-0.2, -0.15) is 0 Å². The molecular formula is C19H19N5OS. The SMILES string of the molecule is C=Cc1ccc(C(=O)Nc2ccnc([C@]3(C)CC(=C)SC(N)=N3)c2)nc1. The molecule has 2 aromatic rings. The molecule has 26 heavy (non-hydrogen) atoms. The number of nitrogens with zero attached hydrogens (tertiary/aromatic N) is 3. The van der Waals surface area contributed by atoms with Crippen LogP contribution in [0.15, 0.2) is 59.7 Å². The van der Waals surface area contributed by atoms with Crippen molar-refractivity contribution in [1.82, 2.24) is 9.97 Å². The van der Waals surface area contributed by atoms with E-state index in [1.54, 1.807) is 42.7 Å². The Morgan fingerprint density at radius 3 is 2.85 bits per heavy atom. The Bertz CT molecular complexity index is 906. The van der Waals surface area contributed by atoms with Gasteiger partial charge < -0.3 is 11.1 Å². The van der Waals surface area contributed by atoms with Gasteiger partial charge in [0, 0.05) is 24.5 Å². The first-order valence-corrected chi connectivity index (χ1v) is 8.78. The van der Waals surface area contributed by atoms with Gasteiger partial charge in [-0.1, -0.05) is 37.1 Å². The maximum atomic E-state index is 12.4. The first-order valence-electron chi connectivity index (χ1n) is 7.97. The van der Waals surface area contributed by atoms with Gasteiger partial charge in [0.2, 0.25) is 0 Å². The van der Waals surface area contributed by atoms with E-state index >= 15 is 0 Å². The Balaban J connectivity index is 1.83. The molecule has 3 heterocycles. The van der Waals surface area contributed by atoms with Crippen LogP contribution in [0.3, 0.4) is 0 Å². The smallest absolute Gasteiger partial charge is 0.274 e. The Labute approximate surface area is 156 Å². The van der Waals surface area contributed by atoms with E-state index in [1.165, 1.54) is 11.8 Å². The fraction of sp³-hybridized carbons (Fsp3) is 0.158. The molecule has 1 amide bonds. The summed E-state index contributed by atoms with van der Waals surface area (Å²) in [5, 5.41) is 3.30. The summed E-state index contributed by atoms with van der Waals surface area (Å²) in [7, 11) is 0. The zero-order chi connectivity index (χ0) is 18.7. The van der Waals surface area contributed by atoms with Crippen molar-refractivity contribution in [1.29, 1.82) is 0 Å². The molecule has 0 fully saturated rings. The summed E-state index contributed by atoms with van der Waals surface area (Å²) < 4.78 is 0. The minimum atomic E-state index is -0.600. The number of carbonyl (C=O) groups excluding carboxylic acids is 1. The van der Waals surface area contributed by atoms with E-state index in [1.807, 2.05) is 6.92 Å². The number of nitrogens with two attached hydrogens (primary N) is 1. The van der Waals surface area contributed by atoms with Crippen molar-refractivity contribution in [2.24, 2.45) is 10.7 Å². The summed E-state index contributed by atoms with van der Waals surface area (Å²) in [6.07, 6.45) is 5.55. The lowest BCUT2D eigenvalue weighted by atomic mass is 9.93. The van der Waals surface area contributed by atoms with E-state index in [9.17, 15) is 4.79 Å². The highest BCUT2D eigenvalue weighted by atomic mass is 32.2. The molecule has 1 aliphatic heterocycles. The third-order valence-electron chi connectivity index (χ3n) is 3.97. The molecule has 1 aliphatic rings. The van der Waals surface area contributed by atoms with Crippen LogP contribution in [0.4, 0.5) is 5.69 Å². The monoisotopic (exact) mass is 365 g/mol. The predicted molar refractivity (Wildman–Crippen MR) is 107 cm³/mol. The van der Waals surface area contributed by atoms with Crippen LogP contribution in [0.25, 0.3) is 6.08 Å².